The molecule has 146 valence electrons. The maximum atomic E-state index is 12.6. The monoisotopic (exact) mass is 378 g/mol. The summed E-state index contributed by atoms with van der Waals surface area (Å²) in [6.45, 7) is 5.70. The highest BCUT2D eigenvalue weighted by atomic mass is 16.2. The van der Waals surface area contributed by atoms with Gasteiger partial charge in [-0.15, -0.1) is 0 Å². The SMILES string of the molecule is Cc1cc2nc(CCC(=O)N3CCC(c4ccnc(N)n4)CC3)[nH]c2cc1C. The van der Waals surface area contributed by atoms with E-state index in [1.54, 1.807) is 6.20 Å². The number of nitrogens with two attached hydrogens (primary N) is 1. The Hall–Kier alpha value is -2.96. The average Bonchev–Trinajstić information content (AvgIpc) is 3.08. The van der Waals surface area contributed by atoms with E-state index in [0.717, 1.165) is 48.5 Å². The first-order chi connectivity index (χ1) is 13.5. The Balaban J connectivity index is 1.32. The maximum Gasteiger partial charge on any atom is 0.223 e. The molecule has 1 amide bonds. The molecule has 0 saturated carbocycles. The van der Waals surface area contributed by atoms with Crippen LogP contribution < -0.4 is 5.73 Å². The highest BCUT2D eigenvalue weighted by Crippen LogP contribution is 2.27. The highest BCUT2D eigenvalue weighted by Gasteiger charge is 2.24. The molecule has 0 radical (unpaired) electrons. The topological polar surface area (TPSA) is 101 Å². The van der Waals surface area contributed by atoms with Crippen LogP contribution in [0.4, 0.5) is 5.95 Å². The molecule has 0 aliphatic carbocycles. The molecule has 0 atom stereocenters. The lowest BCUT2D eigenvalue weighted by Crippen LogP contribution is -2.38. The Bertz CT molecular complexity index is 964. The number of nitrogens with zero attached hydrogens (tertiary/aromatic N) is 4. The number of imidazole rings is 1. The van der Waals surface area contributed by atoms with Crippen LogP contribution in [0.5, 0.6) is 0 Å². The fourth-order valence-electron chi connectivity index (χ4n) is 3.86. The van der Waals surface area contributed by atoms with Gasteiger partial charge in [-0.05, 0) is 56.0 Å². The normalized spacial score (nSPS) is 15.3. The number of hydrogen-bond acceptors (Lipinski definition) is 5. The number of hydrogen-bond donors (Lipinski definition) is 2. The summed E-state index contributed by atoms with van der Waals surface area (Å²) >= 11 is 0. The van der Waals surface area contributed by atoms with Crippen molar-refractivity contribution in [2.24, 2.45) is 0 Å². The molecular weight excluding hydrogens is 352 g/mol. The lowest BCUT2D eigenvalue weighted by molar-refractivity contribution is -0.132. The zero-order valence-corrected chi connectivity index (χ0v) is 16.4. The molecule has 1 aromatic carbocycles. The average molecular weight is 378 g/mol. The molecule has 1 aliphatic rings. The molecule has 0 bridgehead atoms. The number of carbonyl (C=O) groups is 1. The van der Waals surface area contributed by atoms with Crippen molar-refractivity contribution in [2.75, 3.05) is 18.8 Å². The van der Waals surface area contributed by atoms with Gasteiger partial charge in [-0.1, -0.05) is 0 Å². The van der Waals surface area contributed by atoms with Gasteiger partial charge in [-0.3, -0.25) is 4.79 Å². The summed E-state index contributed by atoms with van der Waals surface area (Å²) in [4.78, 5) is 30.9. The number of benzene rings is 1. The molecule has 3 heterocycles. The standard InChI is InChI=1S/C21H26N6O/c1-13-11-17-18(12-14(13)2)25-19(24-17)3-4-20(28)27-9-6-15(7-10-27)16-5-8-23-21(22)26-16/h5,8,11-12,15H,3-4,6-7,9-10H2,1-2H3,(H,24,25)(H2,22,23,26). The number of aryl methyl sites for hydroxylation is 3. The van der Waals surface area contributed by atoms with E-state index in [1.165, 1.54) is 11.1 Å². The van der Waals surface area contributed by atoms with Crippen LogP contribution >= 0.6 is 0 Å². The molecule has 3 aromatic rings. The van der Waals surface area contributed by atoms with Crippen molar-refractivity contribution in [1.29, 1.82) is 0 Å². The second-order valence-corrected chi connectivity index (χ2v) is 7.63. The first-order valence-corrected chi connectivity index (χ1v) is 9.81. The van der Waals surface area contributed by atoms with Gasteiger partial charge in [0.05, 0.1) is 11.0 Å². The third-order valence-corrected chi connectivity index (χ3v) is 5.68. The second kappa shape index (κ2) is 7.58. The molecular formula is C21H26N6O. The van der Waals surface area contributed by atoms with Crippen molar-refractivity contribution < 1.29 is 4.79 Å². The Kier molecular flexibility index (Phi) is 4.98. The number of amides is 1. The fourth-order valence-corrected chi connectivity index (χ4v) is 3.86. The van der Waals surface area contributed by atoms with Crippen molar-refractivity contribution >= 4 is 22.9 Å². The zero-order chi connectivity index (χ0) is 19.7. The Labute approximate surface area is 164 Å². The number of anilines is 1. The van der Waals surface area contributed by atoms with Gasteiger partial charge in [-0.25, -0.2) is 15.0 Å². The molecule has 0 unspecified atom stereocenters. The van der Waals surface area contributed by atoms with Gasteiger partial charge >= 0.3 is 0 Å². The van der Waals surface area contributed by atoms with Gasteiger partial charge in [0.2, 0.25) is 11.9 Å². The van der Waals surface area contributed by atoms with Gasteiger partial charge in [-0.2, -0.15) is 0 Å². The highest BCUT2D eigenvalue weighted by molar-refractivity contribution is 5.78. The minimum absolute atomic E-state index is 0.188. The number of H-pyrrole nitrogens is 1. The largest absolute Gasteiger partial charge is 0.368 e. The Morgan fingerprint density at radius 1 is 1.21 bits per heavy atom. The van der Waals surface area contributed by atoms with Crippen LogP contribution in [0.2, 0.25) is 0 Å². The lowest BCUT2D eigenvalue weighted by Gasteiger charge is -2.31. The summed E-state index contributed by atoms with van der Waals surface area (Å²) < 4.78 is 0. The molecule has 1 saturated heterocycles. The predicted molar refractivity (Wildman–Crippen MR) is 109 cm³/mol. The number of likely N-dealkylation sites (tertiary alicyclic amines) is 1. The quantitative estimate of drug-likeness (QED) is 0.727. The van der Waals surface area contributed by atoms with E-state index < -0.39 is 0 Å². The lowest BCUT2D eigenvalue weighted by atomic mass is 9.93. The number of nitrogens with one attached hydrogen (secondary N) is 1. The Morgan fingerprint density at radius 2 is 1.96 bits per heavy atom. The van der Waals surface area contributed by atoms with Crippen LogP contribution in [-0.2, 0) is 11.2 Å². The molecule has 7 nitrogen and oxygen atoms in total. The van der Waals surface area contributed by atoms with E-state index >= 15 is 0 Å². The number of piperidine rings is 1. The van der Waals surface area contributed by atoms with E-state index in [9.17, 15) is 4.79 Å². The number of aromatic nitrogens is 4. The van der Waals surface area contributed by atoms with Crippen LogP contribution in [-0.4, -0.2) is 43.8 Å². The summed E-state index contributed by atoms with van der Waals surface area (Å²) in [5.41, 5.74) is 11.1. The minimum atomic E-state index is 0.188. The fraction of sp³-hybridized carbons (Fsp3) is 0.429. The number of carbonyl (C=O) groups excluding carboxylic acids is 1. The van der Waals surface area contributed by atoms with E-state index in [4.69, 9.17) is 5.73 Å². The third-order valence-electron chi connectivity index (χ3n) is 5.68. The van der Waals surface area contributed by atoms with E-state index in [-0.39, 0.29) is 5.91 Å². The zero-order valence-electron chi connectivity index (χ0n) is 16.4. The first kappa shape index (κ1) is 18.4. The smallest absolute Gasteiger partial charge is 0.223 e. The number of rotatable bonds is 4. The molecule has 2 aromatic heterocycles. The van der Waals surface area contributed by atoms with Crippen LogP contribution in [0.15, 0.2) is 24.4 Å². The van der Waals surface area contributed by atoms with Crippen molar-refractivity contribution in [3.05, 3.63) is 47.0 Å². The summed E-state index contributed by atoms with van der Waals surface area (Å²) in [5, 5.41) is 0. The Morgan fingerprint density at radius 3 is 2.71 bits per heavy atom. The number of nitrogen functional groups attached to an aromatic ring is 1. The summed E-state index contributed by atoms with van der Waals surface area (Å²) in [6.07, 6.45) is 4.62. The molecule has 4 rings (SSSR count). The molecule has 1 fully saturated rings. The van der Waals surface area contributed by atoms with Gasteiger partial charge in [0, 0.05) is 43.7 Å². The molecule has 1 aliphatic heterocycles. The van der Waals surface area contributed by atoms with Gasteiger partial charge < -0.3 is 15.6 Å². The molecule has 0 spiro atoms. The molecule has 7 heteroatoms. The predicted octanol–water partition coefficient (Wildman–Crippen LogP) is 2.89. The first-order valence-electron chi connectivity index (χ1n) is 9.81. The van der Waals surface area contributed by atoms with Crippen LogP contribution in [0, 0.1) is 13.8 Å². The summed E-state index contributed by atoms with van der Waals surface area (Å²) in [5.74, 6) is 1.72. The van der Waals surface area contributed by atoms with Gasteiger partial charge in [0.15, 0.2) is 0 Å². The summed E-state index contributed by atoms with van der Waals surface area (Å²) in [7, 11) is 0. The third kappa shape index (κ3) is 3.83. The maximum absolute atomic E-state index is 12.6. The van der Waals surface area contributed by atoms with E-state index in [1.807, 2.05) is 11.0 Å². The second-order valence-electron chi connectivity index (χ2n) is 7.63. The van der Waals surface area contributed by atoms with Crippen molar-refractivity contribution in [2.45, 2.75) is 45.4 Å². The molecule has 3 N–H and O–H groups in total. The van der Waals surface area contributed by atoms with Crippen molar-refractivity contribution in [1.82, 2.24) is 24.8 Å². The van der Waals surface area contributed by atoms with E-state index in [0.29, 0.717) is 24.7 Å². The van der Waals surface area contributed by atoms with Crippen LogP contribution in [0.3, 0.4) is 0 Å². The number of fused-ring (bicyclic) bond motifs is 1. The van der Waals surface area contributed by atoms with Crippen LogP contribution in [0.1, 0.15) is 47.8 Å². The van der Waals surface area contributed by atoms with E-state index in [2.05, 4.69) is 45.9 Å². The molecule has 28 heavy (non-hydrogen) atoms. The van der Waals surface area contributed by atoms with Crippen molar-refractivity contribution in [3.8, 4) is 0 Å². The van der Waals surface area contributed by atoms with Gasteiger partial charge in [0.25, 0.3) is 0 Å². The van der Waals surface area contributed by atoms with Gasteiger partial charge in [0.1, 0.15) is 5.82 Å². The van der Waals surface area contributed by atoms with Crippen LogP contribution in [0.25, 0.3) is 11.0 Å². The number of aromatic amines is 1. The van der Waals surface area contributed by atoms with Crippen molar-refractivity contribution in [3.63, 3.8) is 0 Å². The minimum Gasteiger partial charge on any atom is -0.368 e. The summed E-state index contributed by atoms with van der Waals surface area (Å²) in [6, 6.07) is 6.13.